The van der Waals surface area contributed by atoms with E-state index in [9.17, 15) is 9.90 Å². The molecule has 3 rings (SSSR count). The Balaban J connectivity index is 1.59. The van der Waals surface area contributed by atoms with Gasteiger partial charge in [-0.15, -0.1) is 0 Å². The molecule has 1 aromatic heterocycles. The number of hydrogen-bond acceptors (Lipinski definition) is 3. The maximum absolute atomic E-state index is 12.6. The Labute approximate surface area is 150 Å². The lowest BCUT2D eigenvalue weighted by molar-refractivity contribution is 0.0542. The van der Waals surface area contributed by atoms with Gasteiger partial charge in [-0.25, -0.2) is 4.79 Å². The predicted molar refractivity (Wildman–Crippen MR) is 98.7 cm³/mol. The van der Waals surface area contributed by atoms with Crippen molar-refractivity contribution in [2.45, 2.75) is 64.2 Å². The summed E-state index contributed by atoms with van der Waals surface area (Å²) in [4.78, 5) is 14.5. The van der Waals surface area contributed by atoms with Crippen molar-refractivity contribution in [3.05, 3.63) is 11.8 Å². The number of hydrogen-bond donors (Lipinski definition) is 2. The highest BCUT2D eigenvalue weighted by Gasteiger charge is 2.34. The van der Waals surface area contributed by atoms with Crippen LogP contribution in [-0.2, 0) is 7.05 Å². The number of aromatic nitrogens is 2. The van der Waals surface area contributed by atoms with Crippen LogP contribution in [0.5, 0.6) is 0 Å². The Hall–Kier alpha value is -1.56. The molecule has 25 heavy (non-hydrogen) atoms. The first-order valence-corrected chi connectivity index (χ1v) is 9.77. The average Bonchev–Trinajstić information content (AvgIpc) is 3.03. The van der Waals surface area contributed by atoms with E-state index < -0.39 is 0 Å². The molecule has 0 spiro atoms. The van der Waals surface area contributed by atoms with Crippen molar-refractivity contribution in [1.29, 1.82) is 0 Å². The highest BCUT2D eigenvalue weighted by molar-refractivity contribution is 5.88. The molecule has 6 nitrogen and oxygen atoms in total. The minimum absolute atomic E-state index is 0.00252. The SMILES string of the molecule is CCC1(CO)CCN(C(=O)Nc2cc(C3CCCCC3)nn2C)CC1. The van der Waals surface area contributed by atoms with Gasteiger partial charge in [-0.1, -0.05) is 26.2 Å². The maximum atomic E-state index is 12.6. The Kier molecular flexibility index (Phi) is 5.67. The van der Waals surface area contributed by atoms with E-state index in [1.807, 2.05) is 18.0 Å². The number of aliphatic hydroxyl groups is 1. The first kappa shape index (κ1) is 18.2. The molecular weight excluding hydrogens is 316 g/mol. The molecule has 0 radical (unpaired) electrons. The number of anilines is 1. The Morgan fingerprint density at radius 2 is 2.00 bits per heavy atom. The van der Waals surface area contributed by atoms with Crippen LogP contribution in [0.25, 0.3) is 0 Å². The van der Waals surface area contributed by atoms with Crippen molar-refractivity contribution in [3.8, 4) is 0 Å². The van der Waals surface area contributed by atoms with Gasteiger partial charge >= 0.3 is 6.03 Å². The molecule has 2 fully saturated rings. The minimum atomic E-state index is -0.0548. The van der Waals surface area contributed by atoms with E-state index in [0.717, 1.165) is 30.8 Å². The van der Waals surface area contributed by atoms with E-state index in [1.54, 1.807) is 4.68 Å². The average molecular weight is 348 g/mol. The van der Waals surface area contributed by atoms with Gasteiger partial charge in [-0.05, 0) is 37.5 Å². The molecule has 1 saturated heterocycles. The summed E-state index contributed by atoms with van der Waals surface area (Å²) in [6, 6.07) is 1.99. The van der Waals surface area contributed by atoms with Crippen molar-refractivity contribution >= 4 is 11.8 Å². The molecular formula is C19H32N4O2. The van der Waals surface area contributed by atoms with Gasteiger partial charge in [0, 0.05) is 38.7 Å². The third-order valence-electron chi connectivity index (χ3n) is 6.35. The Bertz CT molecular complexity index is 578. The number of nitrogens with one attached hydrogen (secondary N) is 1. The fourth-order valence-corrected chi connectivity index (χ4v) is 4.20. The molecule has 2 N–H and O–H groups in total. The maximum Gasteiger partial charge on any atom is 0.322 e. The van der Waals surface area contributed by atoms with E-state index >= 15 is 0 Å². The van der Waals surface area contributed by atoms with Crippen LogP contribution in [0.1, 0.15) is 69.9 Å². The lowest BCUT2D eigenvalue weighted by Crippen LogP contribution is -2.46. The highest BCUT2D eigenvalue weighted by Crippen LogP contribution is 2.35. The molecule has 0 aromatic carbocycles. The molecule has 6 heteroatoms. The summed E-state index contributed by atoms with van der Waals surface area (Å²) < 4.78 is 1.79. The van der Waals surface area contributed by atoms with Crippen LogP contribution in [0.4, 0.5) is 10.6 Å². The summed E-state index contributed by atoms with van der Waals surface area (Å²) >= 11 is 0. The van der Waals surface area contributed by atoms with Crippen LogP contribution in [0.2, 0.25) is 0 Å². The van der Waals surface area contributed by atoms with Gasteiger partial charge in [0.15, 0.2) is 0 Å². The van der Waals surface area contributed by atoms with Crippen molar-refractivity contribution in [3.63, 3.8) is 0 Å². The lowest BCUT2D eigenvalue weighted by atomic mass is 9.77. The summed E-state index contributed by atoms with van der Waals surface area (Å²) in [6.07, 6.45) is 8.99. The van der Waals surface area contributed by atoms with E-state index in [1.165, 1.54) is 32.1 Å². The van der Waals surface area contributed by atoms with Crippen LogP contribution >= 0.6 is 0 Å². The standard InChI is InChI=1S/C19H32N4O2/c1-3-19(14-24)9-11-23(12-10-19)18(25)20-17-13-16(21-22(17)2)15-7-5-4-6-8-15/h13,15,24H,3-12,14H2,1-2H3,(H,20,25). The zero-order valence-corrected chi connectivity index (χ0v) is 15.6. The van der Waals surface area contributed by atoms with Crippen molar-refractivity contribution < 1.29 is 9.90 Å². The topological polar surface area (TPSA) is 70.4 Å². The number of likely N-dealkylation sites (tertiary alicyclic amines) is 1. The van der Waals surface area contributed by atoms with Gasteiger partial charge in [0.1, 0.15) is 5.82 Å². The molecule has 140 valence electrons. The van der Waals surface area contributed by atoms with Crippen LogP contribution < -0.4 is 5.32 Å². The summed E-state index contributed by atoms with van der Waals surface area (Å²) in [7, 11) is 1.89. The van der Waals surface area contributed by atoms with Crippen LogP contribution in [0.3, 0.4) is 0 Å². The predicted octanol–water partition coefficient (Wildman–Crippen LogP) is 3.48. The quantitative estimate of drug-likeness (QED) is 0.875. The third kappa shape index (κ3) is 4.00. The Morgan fingerprint density at radius 1 is 1.32 bits per heavy atom. The number of amides is 2. The Morgan fingerprint density at radius 3 is 2.60 bits per heavy atom. The van der Waals surface area contributed by atoms with Gasteiger partial charge in [0.25, 0.3) is 0 Å². The molecule has 2 aliphatic rings. The summed E-state index contributed by atoms with van der Waals surface area (Å²) in [5, 5.41) is 17.3. The molecule has 0 bridgehead atoms. The summed E-state index contributed by atoms with van der Waals surface area (Å²) in [5.74, 6) is 1.32. The van der Waals surface area contributed by atoms with E-state index in [0.29, 0.717) is 19.0 Å². The fraction of sp³-hybridized carbons (Fsp3) is 0.789. The van der Waals surface area contributed by atoms with E-state index in [4.69, 9.17) is 0 Å². The number of piperidine rings is 1. The molecule has 2 heterocycles. The van der Waals surface area contributed by atoms with E-state index in [2.05, 4.69) is 17.3 Å². The second kappa shape index (κ2) is 7.77. The van der Waals surface area contributed by atoms with Crippen LogP contribution in [-0.4, -0.2) is 45.5 Å². The summed E-state index contributed by atoms with van der Waals surface area (Å²) in [6.45, 7) is 3.74. The second-order valence-corrected chi connectivity index (χ2v) is 7.84. The number of nitrogens with zero attached hydrogens (tertiary/aromatic N) is 3. The summed E-state index contributed by atoms with van der Waals surface area (Å²) in [5.41, 5.74) is 1.11. The van der Waals surface area contributed by atoms with Gasteiger partial charge in [0.05, 0.1) is 5.69 Å². The van der Waals surface area contributed by atoms with Gasteiger partial charge < -0.3 is 10.0 Å². The van der Waals surface area contributed by atoms with Crippen LogP contribution in [0.15, 0.2) is 6.07 Å². The molecule has 1 aliphatic carbocycles. The first-order valence-electron chi connectivity index (χ1n) is 9.77. The van der Waals surface area contributed by atoms with E-state index in [-0.39, 0.29) is 18.1 Å². The largest absolute Gasteiger partial charge is 0.396 e. The molecule has 1 saturated carbocycles. The normalized spacial score (nSPS) is 21.3. The van der Waals surface area contributed by atoms with Gasteiger partial charge in [-0.2, -0.15) is 5.10 Å². The second-order valence-electron chi connectivity index (χ2n) is 7.84. The van der Waals surface area contributed by atoms with Crippen molar-refractivity contribution in [2.24, 2.45) is 12.5 Å². The molecule has 0 atom stereocenters. The molecule has 1 aromatic rings. The van der Waals surface area contributed by atoms with Crippen molar-refractivity contribution in [1.82, 2.24) is 14.7 Å². The molecule has 1 aliphatic heterocycles. The third-order valence-corrected chi connectivity index (χ3v) is 6.35. The number of rotatable bonds is 4. The monoisotopic (exact) mass is 348 g/mol. The van der Waals surface area contributed by atoms with Gasteiger partial charge in [-0.3, -0.25) is 10.00 Å². The highest BCUT2D eigenvalue weighted by atomic mass is 16.3. The number of aliphatic hydroxyl groups excluding tert-OH is 1. The zero-order chi connectivity index (χ0) is 17.9. The number of aryl methyl sites for hydroxylation is 1. The molecule has 2 amide bonds. The number of urea groups is 1. The zero-order valence-electron chi connectivity index (χ0n) is 15.6. The molecule has 0 unspecified atom stereocenters. The number of carbonyl (C=O) groups is 1. The van der Waals surface area contributed by atoms with Gasteiger partial charge in [0.2, 0.25) is 0 Å². The van der Waals surface area contributed by atoms with Crippen LogP contribution in [0, 0.1) is 5.41 Å². The number of carbonyl (C=O) groups excluding carboxylic acids is 1. The lowest BCUT2D eigenvalue weighted by Gasteiger charge is -2.40. The smallest absolute Gasteiger partial charge is 0.322 e. The van der Waals surface area contributed by atoms with Crippen molar-refractivity contribution in [2.75, 3.05) is 25.0 Å². The first-order chi connectivity index (χ1) is 12.1. The fourth-order valence-electron chi connectivity index (χ4n) is 4.20. The minimum Gasteiger partial charge on any atom is -0.396 e.